The second-order valence-electron chi connectivity index (χ2n) is 6.52. The van der Waals surface area contributed by atoms with Crippen LogP contribution in [0.3, 0.4) is 0 Å². The van der Waals surface area contributed by atoms with Gasteiger partial charge in [0.15, 0.2) is 0 Å². The zero-order valence-electron chi connectivity index (χ0n) is 17.2. The Hall–Kier alpha value is -2.42. The average Bonchev–Trinajstić information content (AvgIpc) is 2.76. The first-order chi connectivity index (χ1) is 14.0. The molecule has 1 unspecified atom stereocenters. The Morgan fingerprint density at radius 2 is 1.79 bits per heavy atom. The van der Waals surface area contributed by atoms with Crippen LogP contribution in [0.2, 0.25) is 0 Å². The van der Waals surface area contributed by atoms with Crippen LogP contribution >= 0.6 is 11.8 Å². The normalized spacial score (nSPS) is 14.9. The summed E-state index contributed by atoms with van der Waals surface area (Å²) in [5.74, 6) is 0.729. The number of methoxy groups -OCH3 is 1. The van der Waals surface area contributed by atoms with Crippen molar-refractivity contribution < 1.29 is 23.9 Å². The summed E-state index contributed by atoms with van der Waals surface area (Å²) in [4.78, 5) is 41.0. The number of amides is 3. The third kappa shape index (κ3) is 6.28. The van der Waals surface area contributed by atoms with Gasteiger partial charge in [0, 0.05) is 26.2 Å². The van der Waals surface area contributed by atoms with Gasteiger partial charge < -0.3 is 24.6 Å². The minimum atomic E-state index is -0.631. The highest BCUT2D eigenvalue weighted by Crippen LogP contribution is 2.18. The van der Waals surface area contributed by atoms with E-state index in [-0.39, 0.29) is 17.9 Å². The fraction of sp³-hybridized carbons (Fsp3) is 0.550. The van der Waals surface area contributed by atoms with Gasteiger partial charge in [-0.1, -0.05) is 12.1 Å². The molecule has 9 heteroatoms. The van der Waals surface area contributed by atoms with E-state index < -0.39 is 6.04 Å². The molecule has 1 aromatic carbocycles. The molecule has 1 N–H and O–H groups in total. The third-order valence-electron chi connectivity index (χ3n) is 4.68. The Bertz CT molecular complexity index is 707. The number of nitrogens with one attached hydrogen (secondary N) is 1. The molecule has 29 heavy (non-hydrogen) atoms. The quantitative estimate of drug-likeness (QED) is 0.687. The topological polar surface area (TPSA) is 88.2 Å². The molecule has 1 heterocycles. The molecule has 0 bridgehead atoms. The van der Waals surface area contributed by atoms with Gasteiger partial charge in [-0.3, -0.25) is 9.59 Å². The van der Waals surface area contributed by atoms with Gasteiger partial charge in [0.1, 0.15) is 11.8 Å². The highest BCUT2D eigenvalue weighted by atomic mass is 32.2. The summed E-state index contributed by atoms with van der Waals surface area (Å²) in [5.41, 5.74) is 0.393. The van der Waals surface area contributed by atoms with E-state index in [1.807, 2.05) is 6.26 Å². The van der Waals surface area contributed by atoms with Gasteiger partial charge in [0.05, 0.1) is 19.3 Å². The van der Waals surface area contributed by atoms with Crippen molar-refractivity contribution in [2.45, 2.75) is 19.4 Å². The predicted octanol–water partition coefficient (Wildman–Crippen LogP) is 1.85. The van der Waals surface area contributed by atoms with Crippen LogP contribution in [0, 0.1) is 0 Å². The number of benzene rings is 1. The van der Waals surface area contributed by atoms with E-state index in [0.717, 1.165) is 5.75 Å². The molecular formula is C20H29N3O5S. The van der Waals surface area contributed by atoms with E-state index in [1.54, 1.807) is 52.8 Å². The van der Waals surface area contributed by atoms with Gasteiger partial charge in [0.25, 0.3) is 5.91 Å². The van der Waals surface area contributed by atoms with E-state index in [1.165, 1.54) is 7.11 Å². The van der Waals surface area contributed by atoms with Crippen molar-refractivity contribution in [2.75, 3.05) is 51.9 Å². The maximum atomic E-state index is 13.1. The number of para-hydroxylation sites is 1. The lowest BCUT2D eigenvalue weighted by Crippen LogP contribution is -2.56. The van der Waals surface area contributed by atoms with Crippen LogP contribution in [-0.2, 0) is 9.53 Å². The minimum Gasteiger partial charge on any atom is -0.496 e. The smallest absolute Gasteiger partial charge is 0.409 e. The number of thioether (sulfide) groups is 1. The van der Waals surface area contributed by atoms with E-state index in [9.17, 15) is 14.4 Å². The molecule has 0 spiro atoms. The Kier molecular flexibility index (Phi) is 9.11. The molecule has 160 valence electrons. The van der Waals surface area contributed by atoms with Crippen molar-refractivity contribution in [3.8, 4) is 5.75 Å². The summed E-state index contributed by atoms with van der Waals surface area (Å²) in [5, 5.41) is 2.87. The van der Waals surface area contributed by atoms with Crippen LogP contribution in [0.4, 0.5) is 4.79 Å². The summed E-state index contributed by atoms with van der Waals surface area (Å²) < 4.78 is 10.3. The molecule has 0 radical (unpaired) electrons. The van der Waals surface area contributed by atoms with Crippen molar-refractivity contribution >= 4 is 29.7 Å². The Balaban J connectivity index is 2.03. The molecule has 0 saturated carbocycles. The van der Waals surface area contributed by atoms with Crippen molar-refractivity contribution in [3.05, 3.63) is 29.8 Å². The second-order valence-corrected chi connectivity index (χ2v) is 7.50. The number of rotatable bonds is 8. The summed E-state index contributed by atoms with van der Waals surface area (Å²) >= 11 is 1.62. The SMILES string of the molecule is CCOC(=O)N1CCN(C(=O)C(CCSC)NC(=O)c2ccccc2OC)CC1. The summed E-state index contributed by atoms with van der Waals surface area (Å²) in [6, 6.07) is 6.29. The number of hydrogen-bond donors (Lipinski definition) is 1. The standard InChI is InChI=1S/C20H29N3O5S/c1-4-28-20(26)23-12-10-22(11-13-23)19(25)16(9-14-29-3)21-18(24)15-7-5-6-8-17(15)27-2/h5-8,16H,4,9-14H2,1-3H3,(H,21,24). The van der Waals surface area contributed by atoms with Crippen LogP contribution in [-0.4, -0.2) is 85.7 Å². The number of piperazine rings is 1. The lowest BCUT2D eigenvalue weighted by atomic mass is 10.1. The number of hydrogen-bond acceptors (Lipinski definition) is 6. The number of ether oxygens (including phenoxy) is 2. The zero-order valence-corrected chi connectivity index (χ0v) is 18.0. The molecule has 1 saturated heterocycles. The summed E-state index contributed by atoms with van der Waals surface area (Å²) in [6.07, 6.45) is 2.13. The van der Waals surface area contributed by atoms with E-state index in [2.05, 4.69) is 5.32 Å². The largest absolute Gasteiger partial charge is 0.496 e. The molecule has 3 amide bonds. The van der Waals surface area contributed by atoms with Crippen molar-refractivity contribution in [1.29, 1.82) is 0 Å². The van der Waals surface area contributed by atoms with Crippen LogP contribution < -0.4 is 10.1 Å². The van der Waals surface area contributed by atoms with Gasteiger partial charge in [-0.2, -0.15) is 11.8 Å². The van der Waals surface area contributed by atoms with Crippen molar-refractivity contribution in [3.63, 3.8) is 0 Å². The van der Waals surface area contributed by atoms with E-state index >= 15 is 0 Å². The molecule has 8 nitrogen and oxygen atoms in total. The fourth-order valence-electron chi connectivity index (χ4n) is 3.11. The van der Waals surface area contributed by atoms with Crippen molar-refractivity contribution in [2.24, 2.45) is 0 Å². The Morgan fingerprint density at radius 3 is 2.41 bits per heavy atom. The van der Waals surface area contributed by atoms with Gasteiger partial charge in [-0.25, -0.2) is 4.79 Å². The molecule has 1 fully saturated rings. The average molecular weight is 424 g/mol. The second kappa shape index (κ2) is 11.5. The third-order valence-corrected chi connectivity index (χ3v) is 5.33. The highest BCUT2D eigenvalue weighted by molar-refractivity contribution is 7.98. The monoisotopic (exact) mass is 423 g/mol. The fourth-order valence-corrected chi connectivity index (χ4v) is 3.58. The summed E-state index contributed by atoms with van der Waals surface area (Å²) in [6.45, 7) is 3.75. The van der Waals surface area contributed by atoms with Gasteiger partial charge >= 0.3 is 6.09 Å². The first-order valence-electron chi connectivity index (χ1n) is 9.65. The molecule has 1 atom stereocenters. The van der Waals surface area contributed by atoms with Crippen LogP contribution in [0.15, 0.2) is 24.3 Å². The number of nitrogens with zero attached hydrogens (tertiary/aromatic N) is 2. The van der Waals surface area contributed by atoms with Gasteiger partial charge in [-0.05, 0) is 37.5 Å². The molecule has 0 aromatic heterocycles. The first-order valence-corrected chi connectivity index (χ1v) is 11.0. The molecule has 2 rings (SSSR count). The van der Waals surface area contributed by atoms with Gasteiger partial charge in [-0.15, -0.1) is 0 Å². The lowest BCUT2D eigenvalue weighted by molar-refractivity contribution is -0.134. The van der Waals surface area contributed by atoms with Crippen LogP contribution in [0.25, 0.3) is 0 Å². The zero-order chi connectivity index (χ0) is 21.2. The number of carbonyl (C=O) groups is 3. The molecule has 1 aromatic rings. The molecule has 1 aliphatic heterocycles. The Labute approximate surface area is 175 Å². The molecular weight excluding hydrogens is 394 g/mol. The van der Waals surface area contributed by atoms with Crippen LogP contribution in [0.1, 0.15) is 23.7 Å². The first kappa shape index (κ1) is 22.9. The lowest BCUT2D eigenvalue weighted by Gasteiger charge is -2.36. The molecule has 1 aliphatic rings. The van der Waals surface area contributed by atoms with E-state index in [0.29, 0.717) is 50.5 Å². The maximum Gasteiger partial charge on any atom is 0.409 e. The highest BCUT2D eigenvalue weighted by Gasteiger charge is 2.30. The van der Waals surface area contributed by atoms with Crippen molar-refractivity contribution in [1.82, 2.24) is 15.1 Å². The van der Waals surface area contributed by atoms with E-state index in [4.69, 9.17) is 9.47 Å². The Morgan fingerprint density at radius 1 is 1.14 bits per heavy atom. The minimum absolute atomic E-state index is 0.134. The van der Waals surface area contributed by atoms with Gasteiger partial charge in [0.2, 0.25) is 5.91 Å². The number of carbonyl (C=O) groups excluding carboxylic acids is 3. The predicted molar refractivity (Wildman–Crippen MR) is 112 cm³/mol. The maximum absolute atomic E-state index is 13.1. The summed E-state index contributed by atoms with van der Waals surface area (Å²) in [7, 11) is 1.51. The molecule has 0 aliphatic carbocycles. The van der Waals surface area contributed by atoms with Crippen LogP contribution in [0.5, 0.6) is 5.75 Å².